The van der Waals surface area contributed by atoms with Crippen LogP contribution < -0.4 is 14.8 Å². The maximum Gasteiger partial charge on any atom is 0.259 e. The minimum absolute atomic E-state index is 0.248. The Morgan fingerprint density at radius 1 is 1.09 bits per heavy atom. The molecule has 122 valence electrons. The van der Waals surface area contributed by atoms with Crippen molar-refractivity contribution in [2.45, 2.75) is 20.8 Å². The van der Waals surface area contributed by atoms with Crippen LogP contribution in [0.3, 0.4) is 0 Å². The van der Waals surface area contributed by atoms with Crippen LogP contribution in [-0.2, 0) is 0 Å². The van der Waals surface area contributed by atoms with Gasteiger partial charge in [-0.3, -0.25) is 4.79 Å². The van der Waals surface area contributed by atoms with Crippen LogP contribution in [0.5, 0.6) is 11.5 Å². The summed E-state index contributed by atoms with van der Waals surface area (Å²) in [5.41, 5.74) is 2.07. The van der Waals surface area contributed by atoms with Crippen LogP contribution in [0.2, 0.25) is 5.02 Å². The van der Waals surface area contributed by atoms with Crippen molar-refractivity contribution in [1.29, 1.82) is 0 Å². The van der Waals surface area contributed by atoms with Crippen molar-refractivity contribution in [3.8, 4) is 11.5 Å². The Bertz CT molecular complexity index is 701. The molecule has 0 saturated carbocycles. The molecule has 1 amide bonds. The van der Waals surface area contributed by atoms with E-state index in [0.717, 1.165) is 5.56 Å². The zero-order chi connectivity index (χ0) is 16.8. The van der Waals surface area contributed by atoms with E-state index in [-0.39, 0.29) is 5.91 Å². The van der Waals surface area contributed by atoms with Crippen LogP contribution in [0.15, 0.2) is 36.4 Å². The number of carbonyl (C=O) groups is 1. The number of aryl methyl sites for hydroxylation is 1. The van der Waals surface area contributed by atoms with Crippen LogP contribution in [0, 0.1) is 6.92 Å². The van der Waals surface area contributed by atoms with Crippen molar-refractivity contribution in [3.05, 3.63) is 52.5 Å². The Hall–Kier alpha value is -2.20. The van der Waals surface area contributed by atoms with Crippen molar-refractivity contribution in [2.75, 3.05) is 18.5 Å². The number of halogens is 1. The molecule has 1 N–H and O–H groups in total. The third kappa shape index (κ3) is 4.39. The Morgan fingerprint density at radius 2 is 1.83 bits per heavy atom. The lowest BCUT2D eigenvalue weighted by atomic mass is 10.1. The number of ether oxygens (including phenoxy) is 2. The smallest absolute Gasteiger partial charge is 0.259 e. The first-order chi connectivity index (χ1) is 11.0. The van der Waals surface area contributed by atoms with Crippen molar-refractivity contribution < 1.29 is 14.3 Å². The molecule has 0 atom stereocenters. The molecule has 0 aliphatic heterocycles. The Kier molecular flexibility index (Phi) is 5.88. The zero-order valence-electron chi connectivity index (χ0n) is 13.5. The van der Waals surface area contributed by atoms with Crippen LogP contribution >= 0.6 is 11.6 Å². The molecule has 2 rings (SSSR count). The molecule has 4 nitrogen and oxygen atoms in total. The predicted octanol–water partition coefficient (Wildman–Crippen LogP) is 4.70. The number of hydrogen-bond donors (Lipinski definition) is 1. The molecule has 0 aliphatic rings. The number of nitrogens with one attached hydrogen (secondary N) is 1. The number of carbonyl (C=O) groups excluding carboxylic acids is 1. The Morgan fingerprint density at radius 3 is 2.52 bits per heavy atom. The third-order valence-corrected chi connectivity index (χ3v) is 3.49. The van der Waals surface area contributed by atoms with E-state index in [2.05, 4.69) is 5.32 Å². The van der Waals surface area contributed by atoms with Gasteiger partial charge in [-0.2, -0.15) is 0 Å². The summed E-state index contributed by atoms with van der Waals surface area (Å²) in [5, 5.41) is 3.45. The molecule has 0 aromatic heterocycles. The lowest BCUT2D eigenvalue weighted by Crippen LogP contribution is -2.14. The molecule has 0 unspecified atom stereocenters. The van der Waals surface area contributed by atoms with Gasteiger partial charge in [-0.05, 0) is 50.6 Å². The van der Waals surface area contributed by atoms with Crippen LogP contribution in [0.25, 0.3) is 0 Å². The molecule has 0 spiro atoms. The molecule has 23 heavy (non-hydrogen) atoms. The Balaban J connectivity index is 2.29. The van der Waals surface area contributed by atoms with Gasteiger partial charge in [0.2, 0.25) is 0 Å². The fraction of sp³-hybridized carbons (Fsp3) is 0.278. The molecule has 0 aliphatic carbocycles. The van der Waals surface area contributed by atoms with Crippen LogP contribution in [-0.4, -0.2) is 19.1 Å². The average Bonchev–Trinajstić information content (AvgIpc) is 2.52. The summed E-state index contributed by atoms with van der Waals surface area (Å²) in [6, 6.07) is 10.6. The van der Waals surface area contributed by atoms with Gasteiger partial charge in [0.25, 0.3) is 5.91 Å². The summed E-state index contributed by atoms with van der Waals surface area (Å²) in [6.45, 7) is 6.71. The second-order valence-corrected chi connectivity index (χ2v) is 5.37. The SMILES string of the molecule is CCOc1ccc(C(=O)Nc2cc(Cl)ccc2C)c(OCC)c1. The normalized spacial score (nSPS) is 10.3. The minimum atomic E-state index is -0.248. The van der Waals surface area contributed by atoms with Gasteiger partial charge in [-0.15, -0.1) is 0 Å². The largest absolute Gasteiger partial charge is 0.494 e. The van der Waals surface area contributed by atoms with Crippen molar-refractivity contribution in [1.82, 2.24) is 0 Å². The predicted molar refractivity (Wildman–Crippen MR) is 92.9 cm³/mol. The van der Waals surface area contributed by atoms with E-state index >= 15 is 0 Å². The fourth-order valence-electron chi connectivity index (χ4n) is 2.14. The van der Waals surface area contributed by atoms with Gasteiger partial charge in [-0.1, -0.05) is 17.7 Å². The highest BCUT2D eigenvalue weighted by atomic mass is 35.5. The summed E-state index contributed by atoms with van der Waals surface area (Å²) in [7, 11) is 0. The maximum absolute atomic E-state index is 12.6. The number of amides is 1. The van der Waals surface area contributed by atoms with Crippen LogP contribution in [0.4, 0.5) is 5.69 Å². The monoisotopic (exact) mass is 333 g/mol. The van der Waals surface area contributed by atoms with Crippen molar-refractivity contribution in [2.24, 2.45) is 0 Å². The van der Waals surface area contributed by atoms with E-state index in [1.807, 2.05) is 26.8 Å². The van der Waals surface area contributed by atoms with E-state index in [9.17, 15) is 4.79 Å². The first-order valence-corrected chi connectivity index (χ1v) is 7.90. The third-order valence-electron chi connectivity index (χ3n) is 3.26. The molecule has 2 aromatic rings. The van der Waals surface area contributed by atoms with Gasteiger partial charge < -0.3 is 14.8 Å². The summed E-state index contributed by atoms with van der Waals surface area (Å²) < 4.78 is 11.0. The maximum atomic E-state index is 12.6. The molecule has 5 heteroatoms. The summed E-state index contributed by atoms with van der Waals surface area (Å²) in [5.74, 6) is 0.920. The van der Waals surface area contributed by atoms with Gasteiger partial charge in [0.05, 0.1) is 18.8 Å². The molecule has 2 aromatic carbocycles. The molecule has 0 heterocycles. The highest BCUT2D eigenvalue weighted by Gasteiger charge is 2.15. The summed E-state index contributed by atoms with van der Waals surface area (Å²) >= 11 is 5.99. The van der Waals surface area contributed by atoms with E-state index in [4.69, 9.17) is 21.1 Å². The number of hydrogen-bond acceptors (Lipinski definition) is 3. The number of benzene rings is 2. The topological polar surface area (TPSA) is 47.6 Å². The van der Waals surface area contributed by atoms with E-state index < -0.39 is 0 Å². The number of rotatable bonds is 6. The highest BCUT2D eigenvalue weighted by Crippen LogP contribution is 2.27. The first kappa shape index (κ1) is 17.2. The molecular formula is C18H20ClNO3. The average molecular weight is 334 g/mol. The minimum Gasteiger partial charge on any atom is -0.494 e. The standard InChI is InChI=1S/C18H20ClNO3/c1-4-22-14-8-9-15(17(11-14)23-5-2)18(21)20-16-10-13(19)7-6-12(16)3/h6-11H,4-5H2,1-3H3,(H,20,21). The molecule has 0 fully saturated rings. The molecule has 0 radical (unpaired) electrons. The summed E-state index contributed by atoms with van der Waals surface area (Å²) in [6.07, 6.45) is 0. The second-order valence-electron chi connectivity index (χ2n) is 4.94. The van der Waals surface area contributed by atoms with Crippen molar-refractivity contribution in [3.63, 3.8) is 0 Å². The van der Waals surface area contributed by atoms with E-state index in [1.54, 1.807) is 30.3 Å². The lowest BCUT2D eigenvalue weighted by molar-refractivity contribution is 0.102. The Labute approximate surface area is 141 Å². The fourth-order valence-corrected chi connectivity index (χ4v) is 2.31. The van der Waals surface area contributed by atoms with Crippen molar-refractivity contribution >= 4 is 23.2 Å². The lowest BCUT2D eigenvalue weighted by Gasteiger charge is -2.14. The first-order valence-electron chi connectivity index (χ1n) is 7.52. The molecule has 0 saturated heterocycles. The van der Waals surface area contributed by atoms with Gasteiger partial charge >= 0.3 is 0 Å². The quantitative estimate of drug-likeness (QED) is 0.833. The number of anilines is 1. The van der Waals surface area contributed by atoms with Gasteiger partial charge in [0, 0.05) is 16.8 Å². The van der Waals surface area contributed by atoms with E-state index in [0.29, 0.717) is 41.0 Å². The van der Waals surface area contributed by atoms with Gasteiger partial charge in [0.15, 0.2) is 0 Å². The second kappa shape index (κ2) is 7.88. The molecular weight excluding hydrogens is 314 g/mol. The van der Waals surface area contributed by atoms with Gasteiger partial charge in [0.1, 0.15) is 11.5 Å². The summed E-state index contributed by atoms with van der Waals surface area (Å²) in [4.78, 5) is 12.6. The molecule has 0 bridgehead atoms. The van der Waals surface area contributed by atoms with E-state index in [1.165, 1.54) is 0 Å². The highest BCUT2D eigenvalue weighted by molar-refractivity contribution is 6.31. The van der Waals surface area contributed by atoms with Gasteiger partial charge in [-0.25, -0.2) is 0 Å². The zero-order valence-corrected chi connectivity index (χ0v) is 14.2. The van der Waals surface area contributed by atoms with Crippen LogP contribution in [0.1, 0.15) is 29.8 Å².